The van der Waals surface area contributed by atoms with E-state index in [4.69, 9.17) is 9.16 Å². The standard InChI is InChI=1S/C30H56O4Si2/c1-15-33-29(32)19-17-25(8)16-18-27(31)26(9)28(20-21-35(13,14)30(10,11)12)34-36(22(2)3,23(4)5)24(6)7/h16-17,19,22-24,26-28,31H,15,18H2,1-14H3/b19-17+,25-16+/t26-,27-,28-/m0/s1. The minimum atomic E-state index is -2.20. The van der Waals surface area contributed by atoms with E-state index in [9.17, 15) is 9.90 Å². The molecule has 0 aliphatic carbocycles. The zero-order valence-corrected chi connectivity index (χ0v) is 27.8. The maximum absolute atomic E-state index is 11.6. The first-order valence-corrected chi connectivity index (χ1v) is 18.9. The van der Waals surface area contributed by atoms with Gasteiger partial charge in [-0.3, -0.25) is 0 Å². The number of allylic oxidation sites excluding steroid dienone is 2. The Kier molecular flexibility index (Phi) is 14.2. The van der Waals surface area contributed by atoms with Crippen LogP contribution in [0.4, 0.5) is 0 Å². The Balaban J connectivity index is 6.18. The van der Waals surface area contributed by atoms with E-state index in [1.807, 2.05) is 13.0 Å². The van der Waals surface area contributed by atoms with Gasteiger partial charge >= 0.3 is 5.97 Å². The van der Waals surface area contributed by atoms with Crippen molar-refractivity contribution >= 4 is 22.4 Å². The molecule has 0 aliphatic heterocycles. The van der Waals surface area contributed by atoms with E-state index in [0.717, 1.165) is 5.57 Å². The summed E-state index contributed by atoms with van der Waals surface area (Å²) < 4.78 is 12.1. The summed E-state index contributed by atoms with van der Waals surface area (Å²) in [5.74, 6) is 3.07. The van der Waals surface area contributed by atoms with Gasteiger partial charge in [0.25, 0.3) is 0 Å². The molecule has 0 rings (SSSR count). The number of ether oxygens (including phenoxy) is 1. The monoisotopic (exact) mass is 536 g/mol. The number of carbonyl (C=O) groups is 1. The smallest absolute Gasteiger partial charge is 0.330 e. The number of hydrogen-bond acceptors (Lipinski definition) is 4. The molecule has 0 saturated heterocycles. The molecule has 0 aliphatic rings. The minimum Gasteiger partial charge on any atom is -0.463 e. The van der Waals surface area contributed by atoms with E-state index in [1.54, 1.807) is 13.0 Å². The van der Waals surface area contributed by atoms with Crippen molar-refractivity contribution in [2.45, 2.75) is 136 Å². The van der Waals surface area contributed by atoms with Crippen molar-refractivity contribution in [2.75, 3.05) is 6.61 Å². The van der Waals surface area contributed by atoms with Crippen LogP contribution in [-0.2, 0) is 14.0 Å². The lowest BCUT2D eigenvalue weighted by Gasteiger charge is -2.45. The molecule has 6 heteroatoms. The van der Waals surface area contributed by atoms with Crippen molar-refractivity contribution in [1.82, 2.24) is 0 Å². The lowest BCUT2D eigenvalue weighted by Crippen LogP contribution is -2.52. The largest absolute Gasteiger partial charge is 0.463 e. The highest BCUT2D eigenvalue weighted by Gasteiger charge is 2.47. The SMILES string of the molecule is CCOC(=O)/C=C/C(C)=C/C[C@H](O)[C@H](C)[C@H](C#C[Si](C)(C)C(C)(C)C)O[Si](C(C)C)(C(C)C)C(C)C. The van der Waals surface area contributed by atoms with Crippen LogP contribution in [0.25, 0.3) is 0 Å². The summed E-state index contributed by atoms with van der Waals surface area (Å²) in [6.07, 6.45) is 4.67. The number of aliphatic hydroxyl groups is 1. The van der Waals surface area contributed by atoms with Gasteiger partial charge in [-0.15, -0.1) is 5.54 Å². The van der Waals surface area contributed by atoms with Crippen LogP contribution in [0, 0.1) is 17.4 Å². The normalized spacial score (nSPS) is 16.3. The van der Waals surface area contributed by atoms with E-state index < -0.39 is 22.5 Å². The van der Waals surface area contributed by atoms with Crippen LogP contribution in [0.1, 0.15) is 89.5 Å². The molecule has 0 saturated carbocycles. The van der Waals surface area contributed by atoms with Gasteiger partial charge in [-0.1, -0.05) is 106 Å². The fourth-order valence-corrected chi connectivity index (χ4v) is 10.9. The molecule has 4 nitrogen and oxygen atoms in total. The molecule has 1 N–H and O–H groups in total. The summed E-state index contributed by atoms with van der Waals surface area (Å²) in [5, 5.41) is 11.4. The third-order valence-corrected chi connectivity index (χ3v) is 18.6. The molecule has 0 bridgehead atoms. The highest BCUT2D eigenvalue weighted by Crippen LogP contribution is 2.44. The number of carbonyl (C=O) groups excluding carboxylic acids is 1. The number of hydrogen-bond donors (Lipinski definition) is 1. The van der Waals surface area contributed by atoms with Gasteiger partial charge in [-0.2, -0.15) is 0 Å². The first-order valence-electron chi connectivity index (χ1n) is 13.7. The van der Waals surface area contributed by atoms with Crippen LogP contribution in [0.3, 0.4) is 0 Å². The van der Waals surface area contributed by atoms with Crippen LogP contribution in [0.2, 0.25) is 34.8 Å². The second-order valence-corrected chi connectivity index (χ2v) is 23.1. The number of esters is 1. The molecule has 208 valence electrons. The van der Waals surface area contributed by atoms with Crippen molar-refractivity contribution in [3.63, 3.8) is 0 Å². The molecule has 0 fully saturated rings. The average Bonchev–Trinajstić information content (AvgIpc) is 2.74. The Morgan fingerprint density at radius 2 is 1.47 bits per heavy atom. The van der Waals surface area contributed by atoms with Crippen LogP contribution in [-0.4, -0.2) is 46.3 Å². The molecule has 0 heterocycles. The van der Waals surface area contributed by atoms with Gasteiger partial charge in [0.05, 0.1) is 12.7 Å². The Bertz CT molecular complexity index is 785. The number of aliphatic hydroxyl groups excluding tert-OH is 1. The molecule has 0 unspecified atom stereocenters. The van der Waals surface area contributed by atoms with Crippen LogP contribution in [0.5, 0.6) is 0 Å². The molecular formula is C30H56O4Si2. The molecule has 0 aromatic heterocycles. The van der Waals surface area contributed by atoms with E-state index in [1.165, 1.54) is 6.08 Å². The van der Waals surface area contributed by atoms with E-state index in [2.05, 4.69) is 93.8 Å². The summed E-state index contributed by atoms with van der Waals surface area (Å²) in [4.78, 5) is 11.6. The van der Waals surface area contributed by atoms with Crippen LogP contribution < -0.4 is 0 Å². The van der Waals surface area contributed by atoms with E-state index >= 15 is 0 Å². The van der Waals surface area contributed by atoms with Gasteiger partial charge in [0.15, 0.2) is 0 Å². The molecular weight excluding hydrogens is 480 g/mol. The Morgan fingerprint density at radius 1 is 0.972 bits per heavy atom. The van der Waals surface area contributed by atoms with Gasteiger partial charge < -0.3 is 14.3 Å². The predicted octanol–water partition coefficient (Wildman–Crippen LogP) is 8.05. The lowest BCUT2D eigenvalue weighted by atomic mass is 9.95. The van der Waals surface area contributed by atoms with Crippen molar-refractivity contribution in [3.05, 3.63) is 23.8 Å². The summed E-state index contributed by atoms with van der Waals surface area (Å²) in [6, 6.07) is 0. The fourth-order valence-electron chi connectivity index (χ4n) is 4.52. The first-order chi connectivity index (χ1) is 16.3. The summed E-state index contributed by atoms with van der Waals surface area (Å²) in [6.45, 7) is 31.3. The van der Waals surface area contributed by atoms with Gasteiger partial charge in [-0.25, -0.2) is 4.79 Å². The Morgan fingerprint density at radius 3 is 1.89 bits per heavy atom. The molecule has 36 heavy (non-hydrogen) atoms. The molecule has 0 radical (unpaired) electrons. The Labute approximate surface area is 225 Å². The van der Waals surface area contributed by atoms with Gasteiger partial charge in [0, 0.05) is 12.0 Å². The summed E-state index contributed by atoms with van der Waals surface area (Å²) in [5.41, 5.74) is 5.91. The maximum atomic E-state index is 11.6. The summed E-state index contributed by atoms with van der Waals surface area (Å²) >= 11 is 0. The molecule has 3 atom stereocenters. The van der Waals surface area contributed by atoms with Gasteiger partial charge in [-0.05, 0) is 41.9 Å². The van der Waals surface area contributed by atoms with Crippen molar-refractivity contribution in [2.24, 2.45) is 5.92 Å². The second kappa shape index (κ2) is 14.7. The second-order valence-electron chi connectivity index (χ2n) is 12.7. The van der Waals surface area contributed by atoms with Gasteiger partial charge in [0.1, 0.15) is 14.2 Å². The summed E-state index contributed by atoms with van der Waals surface area (Å²) in [7, 11) is -4.04. The maximum Gasteiger partial charge on any atom is 0.330 e. The quantitative estimate of drug-likeness (QED) is 0.0901. The minimum absolute atomic E-state index is 0.150. The third kappa shape index (κ3) is 9.97. The lowest BCUT2D eigenvalue weighted by molar-refractivity contribution is -0.137. The van der Waals surface area contributed by atoms with E-state index in [0.29, 0.717) is 29.7 Å². The molecule has 0 aromatic carbocycles. The topological polar surface area (TPSA) is 55.8 Å². The van der Waals surface area contributed by atoms with Crippen LogP contribution >= 0.6 is 0 Å². The zero-order chi connectivity index (χ0) is 28.5. The highest BCUT2D eigenvalue weighted by atomic mass is 28.4. The third-order valence-electron chi connectivity index (χ3n) is 7.97. The molecule has 0 spiro atoms. The zero-order valence-electron chi connectivity index (χ0n) is 25.8. The molecule has 0 amide bonds. The van der Waals surface area contributed by atoms with Crippen molar-refractivity contribution < 1.29 is 19.1 Å². The van der Waals surface area contributed by atoms with E-state index in [-0.39, 0.29) is 23.0 Å². The van der Waals surface area contributed by atoms with Crippen LogP contribution in [0.15, 0.2) is 23.8 Å². The van der Waals surface area contributed by atoms with Gasteiger partial charge in [0.2, 0.25) is 8.32 Å². The molecule has 0 aromatic rings. The van der Waals surface area contributed by atoms with Crippen molar-refractivity contribution in [1.29, 1.82) is 0 Å². The average molecular weight is 537 g/mol. The van der Waals surface area contributed by atoms with Crippen molar-refractivity contribution in [3.8, 4) is 11.5 Å². The predicted molar refractivity (Wildman–Crippen MR) is 160 cm³/mol. The highest BCUT2D eigenvalue weighted by molar-refractivity contribution is 6.87. The first kappa shape index (κ1) is 34.9. The Hall–Kier alpha value is -1.14. The number of rotatable bonds is 12. The fraction of sp³-hybridized carbons (Fsp3) is 0.767.